The molecule has 1 rings (SSSR count). The fourth-order valence-electron chi connectivity index (χ4n) is 1.11. The molecule has 0 saturated carbocycles. The average Bonchev–Trinajstić information content (AvgIpc) is 2.16. The maximum atomic E-state index is 10.8. The number of rotatable bonds is 3. The van der Waals surface area contributed by atoms with Crippen LogP contribution in [-0.2, 0) is 6.54 Å². The third-order valence-corrected chi connectivity index (χ3v) is 1.85. The van der Waals surface area contributed by atoms with Gasteiger partial charge in [-0.3, -0.25) is 0 Å². The Morgan fingerprint density at radius 2 is 2.21 bits per heavy atom. The van der Waals surface area contributed by atoms with Crippen LogP contribution in [0.25, 0.3) is 0 Å². The number of ether oxygens (including phenoxy) is 1. The largest absolute Gasteiger partial charge is 0.507 e. The van der Waals surface area contributed by atoms with E-state index < -0.39 is 5.97 Å². The first kappa shape index (κ1) is 10.3. The maximum Gasteiger partial charge on any atom is 0.339 e. The lowest BCUT2D eigenvalue weighted by atomic mass is 10.1. The number of hydrogen-bond donors (Lipinski definition) is 3. The predicted octanol–water partition coefficient (Wildman–Crippen LogP) is 0.558. The molecule has 0 saturated heterocycles. The zero-order chi connectivity index (χ0) is 10.7. The number of phenolic OH excluding ortho intramolecular Hbond substituents is 1. The zero-order valence-corrected chi connectivity index (χ0v) is 7.65. The lowest BCUT2D eigenvalue weighted by molar-refractivity contribution is 0.0693. The number of aromatic hydroxyl groups is 1. The van der Waals surface area contributed by atoms with E-state index in [0.717, 1.165) is 0 Å². The van der Waals surface area contributed by atoms with Crippen molar-refractivity contribution in [1.82, 2.24) is 0 Å². The molecule has 0 aliphatic heterocycles. The molecule has 0 aliphatic rings. The molecular weight excluding hydrogens is 186 g/mol. The molecule has 1 aromatic carbocycles. The van der Waals surface area contributed by atoms with Gasteiger partial charge in [0.2, 0.25) is 0 Å². The predicted molar refractivity (Wildman–Crippen MR) is 49.5 cm³/mol. The monoisotopic (exact) mass is 197 g/mol. The Hall–Kier alpha value is -1.75. The maximum absolute atomic E-state index is 10.8. The van der Waals surface area contributed by atoms with Crippen LogP contribution in [0, 0.1) is 0 Å². The van der Waals surface area contributed by atoms with Gasteiger partial charge in [0.05, 0.1) is 7.11 Å². The molecule has 0 bridgehead atoms. The van der Waals surface area contributed by atoms with Crippen molar-refractivity contribution >= 4 is 5.97 Å². The number of methoxy groups -OCH3 is 1. The van der Waals surface area contributed by atoms with Gasteiger partial charge in [0, 0.05) is 18.2 Å². The third kappa shape index (κ3) is 1.77. The number of aromatic carboxylic acids is 1. The molecule has 0 fully saturated rings. The summed E-state index contributed by atoms with van der Waals surface area (Å²) in [6, 6.07) is 2.54. The molecular formula is C9H11NO4. The molecule has 0 radical (unpaired) electrons. The highest BCUT2D eigenvalue weighted by Gasteiger charge is 2.14. The van der Waals surface area contributed by atoms with Crippen molar-refractivity contribution in [1.29, 1.82) is 0 Å². The van der Waals surface area contributed by atoms with Gasteiger partial charge >= 0.3 is 5.97 Å². The summed E-state index contributed by atoms with van der Waals surface area (Å²) in [5, 5.41) is 18.2. The summed E-state index contributed by atoms with van der Waals surface area (Å²) >= 11 is 0. The lowest BCUT2D eigenvalue weighted by Crippen LogP contribution is -2.04. The Kier molecular flexibility index (Phi) is 2.93. The second-order valence-electron chi connectivity index (χ2n) is 2.69. The number of carboxylic acid groups (broad SMARTS) is 1. The summed E-state index contributed by atoms with van der Waals surface area (Å²) in [4.78, 5) is 10.8. The van der Waals surface area contributed by atoms with E-state index in [1.54, 1.807) is 0 Å². The van der Waals surface area contributed by atoms with Crippen LogP contribution in [-0.4, -0.2) is 23.3 Å². The molecule has 0 aromatic heterocycles. The van der Waals surface area contributed by atoms with Gasteiger partial charge < -0.3 is 20.7 Å². The van der Waals surface area contributed by atoms with E-state index in [0.29, 0.717) is 5.56 Å². The Morgan fingerprint density at radius 3 is 2.64 bits per heavy atom. The molecule has 4 N–H and O–H groups in total. The smallest absolute Gasteiger partial charge is 0.339 e. The Morgan fingerprint density at radius 1 is 1.57 bits per heavy atom. The molecule has 0 atom stereocenters. The van der Waals surface area contributed by atoms with Crippen molar-refractivity contribution in [3.8, 4) is 11.5 Å². The highest BCUT2D eigenvalue weighted by Crippen LogP contribution is 2.27. The van der Waals surface area contributed by atoms with Crippen LogP contribution in [0.4, 0.5) is 0 Å². The molecule has 0 amide bonds. The highest BCUT2D eigenvalue weighted by molar-refractivity contribution is 5.91. The van der Waals surface area contributed by atoms with Gasteiger partial charge in [0.25, 0.3) is 0 Å². The fourth-order valence-corrected chi connectivity index (χ4v) is 1.11. The van der Waals surface area contributed by atoms with E-state index in [9.17, 15) is 9.90 Å². The molecule has 14 heavy (non-hydrogen) atoms. The standard InChI is InChI=1S/C9H11NO4/c1-14-8-3-7(11)5(4-10)2-6(8)9(12)13/h2-3,11H,4,10H2,1H3,(H,12,13). The molecule has 0 aliphatic carbocycles. The number of hydrogen-bond acceptors (Lipinski definition) is 4. The third-order valence-electron chi connectivity index (χ3n) is 1.85. The number of carboxylic acids is 1. The van der Waals surface area contributed by atoms with Crippen molar-refractivity contribution in [3.05, 3.63) is 23.3 Å². The first-order valence-electron chi connectivity index (χ1n) is 3.93. The molecule has 5 heteroatoms. The summed E-state index contributed by atoms with van der Waals surface area (Å²) in [5.74, 6) is -1.06. The summed E-state index contributed by atoms with van der Waals surface area (Å²) in [5.41, 5.74) is 5.69. The van der Waals surface area contributed by atoms with Crippen molar-refractivity contribution in [3.63, 3.8) is 0 Å². The van der Waals surface area contributed by atoms with Crippen LogP contribution in [0.5, 0.6) is 11.5 Å². The molecule has 0 unspecified atom stereocenters. The summed E-state index contributed by atoms with van der Waals surface area (Å²) in [7, 11) is 1.34. The molecule has 76 valence electrons. The summed E-state index contributed by atoms with van der Waals surface area (Å²) in [6.07, 6.45) is 0. The van der Waals surface area contributed by atoms with Crippen molar-refractivity contribution in [2.75, 3.05) is 7.11 Å². The molecule has 1 aromatic rings. The minimum absolute atomic E-state index is 0.00856. The van der Waals surface area contributed by atoms with Gasteiger partial charge in [0.15, 0.2) is 0 Å². The summed E-state index contributed by atoms with van der Waals surface area (Å²) < 4.78 is 4.81. The van der Waals surface area contributed by atoms with Gasteiger partial charge in [0.1, 0.15) is 17.1 Å². The number of nitrogens with two attached hydrogens (primary N) is 1. The van der Waals surface area contributed by atoms with Crippen LogP contribution in [0.1, 0.15) is 15.9 Å². The Labute approximate surface area is 80.7 Å². The molecule has 0 spiro atoms. The zero-order valence-electron chi connectivity index (χ0n) is 7.65. The van der Waals surface area contributed by atoms with E-state index in [1.807, 2.05) is 0 Å². The highest BCUT2D eigenvalue weighted by atomic mass is 16.5. The van der Waals surface area contributed by atoms with Crippen LogP contribution < -0.4 is 10.5 Å². The second-order valence-corrected chi connectivity index (χ2v) is 2.69. The Bertz CT molecular complexity index is 362. The quantitative estimate of drug-likeness (QED) is 0.658. The molecule has 0 heterocycles. The SMILES string of the molecule is COc1cc(O)c(CN)cc1C(=O)O. The van der Waals surface area contributed by atoms with Gasteiger partial charge in [-0.15, -0.1) is 0 Å². The van der Waals surface area contributed by atoms with Crippen LogP contribution in [0.2, 0.25) is 0 Å². The van der Waals surface area contributed by atoms with Crippen molar-refractivity contribution in [2.45, 2.75) is 6.54 Å². The number of carbonyl (C=O) groups is 1. The van der Waals surface area contributed by atoms with Crippen molar-refractivity contribution in [2.24, 2.45) is 5.73 Å². The van der Waals surface area contributed by atoms with E-state index in [-0.39, 0.29) is 23.6 Å². The van der Waals surface area contributed by atoms with Gasteiger partial charge in [-0.1, -0.05) is 0 Å². The first-order chi connectivity index (χ1) is 6.60. The Balaban J connectivity index is 3.32. The average molecular weight is 197 g/mol. The van der Waals surface area contributed by atoms with Crippen LogP contribution in [0.15, 0.2) is 12.1 Å². The minimum Gasteiger partial charge on any atom is -0.507 e. The van der Waals surface area contributed by atoms with E-state index >= 15 is 0 Å². The first-order valence-corrected chi connectivity index (χ1v) is 3.93. The van der Waals surface area contributed by atoms with Crippen molar-refractivity contribution < 1.29 is 19.7 Å². The van der Waals surface area contributed by atoms with Gasteiger partial charge in [-0.2, -0.15) is 0 Å². The topological polar surface area (TPSA) is 92.8 Å². The van der Waals surface area contributed by atoms with E-state index in [2.05, 4.69) is 0 Å². The van der Waals surface area contributed by atoms with Gasteiger partial charge in [-0.25, -0.2) is 4.79 Å². The molecule has 5 nitrogen and oxygen atoms in total. The number of benzene rings is 1. The second kappa shape index (κ2) is 3.97. The normalized spacial score (nSPS) is 9.86. The van der Waals surface area contributed by atoms with E-state index in [4.69, 9.17) is 15.6 Å². The fraction of sp³-hybridized carbons (Fsp3) is 0.222. The van der Waals surface area contributed by atoms with Gasteiger partial charge in [-0.05, 0) is 6.07 Å². The minimum atomic E-state index is -1.11. The van der Waals surface area contributed by atoms with Crippen LogP contribution >= 0.6 is 0 Å². The number of phenols is 1. The lowest BCUT2D eigenvalue weighted by Gasteiger charge is -2.08. The van der Waals surface area contributed by atoms with E-state index in [1.165, 1.54) is 19.2 Å². The summed E-state index contributed by atoms with van der Waals surface area (Å²) in [6.45, 7) is 0.0795. The van der Waals surface area contributed by atoms with Crippen LogP contribution in [0.3, 0.4) is 0 Å².